The molecule has 2 atom stereocenters. The molecule has 2 heterocycles. The average molecular weight is 456 g/mol. The summed E-state index contributed by atoms with van der Waals surface area (Å²) in [6.45, 7) is 3.63. The second kappa shape index (κ2) is 9.68. The van der Waals surface area contributed by atoms with Gasteiger partial charge in [-0.25, -0.2) is 9.18 Å². The second-order valence-electron chi connectivity index (χ2n) is 8.51. The summed E-state index contributed by atoms with van der Waals surface area (Å²) in [7, 11) is 3.15. The Morgan fingerprint density at radius 3 is 2.30 bits per heavy atom. The highest BCUT2D eigenvalue weighted by Crippen LogP contribution is 2.41. The number of hydrogen-bond donors (Lipinski definition) is 1. The molecule has 0 aliphatic carbocycles. The van der Waals surface area contributed by atoms with Gasteiger partial charge in [0.15, 0.2) is 11.5 Å². The number of carbonyl (C=O) groups is 2. The molecule has 0 spiro atoms. The highest BCUT2D eigenvalue weighted by Gasteiger charge is 2.35. The molecule has 1 fully saturated rings. The highest BCUT2D eigenvalue weighted by atomic mass is 19.1. The molecule has 3 amide bonds. The summed E-state index contributed by atoms with van der Waals surface area (Å²) in [4.78, 5) is 29.6. The van der Waals surface area contributed by atoms with Crippen molar-refractivity contribution in [2.45, 2.75) is 38.3 Å². The molecule has 0 radical (unpaired) electrons. The summed E-state index contributed by atoms with van der Waals surface area (Å²) in [5.41, 5.74) is 2.70. The van der Waals surface area contributed by atoms with Gasteiger partial charge < -0.3 is 24.6 Å². The molecule has 0 saturated carbocycles. The van der Waals surface area contributed by atoms with Crippen molar-refractivity contribution >= 4 is 11.9 Å². The number of halogens is 1. The van der Waals surface area contributed by atoms with Crippen molar-refractivity contribution in [1.82, 2.24) is 15.1 Å². The van der Waals surface area contributed by atoms with Crippen LogP contribution in [0, 0.1) is 5.82 Å². The molecule has 0 bridgehead atoms. The van der Waals surface area contributed by atoms with Crippen molar-refractivity contribution in [2.24, 2.45) is 0 Å². The van der Waals surface area contributed by atoms with Gasteiger partial charge in [-0.1, -0.05) is 12.1 Å². The molecule has 4 rings (SSSR count). The van der Waals surface area contributed by atoms with E-state index in [1.165, 1.54) is 12.1 Å². The van der Waals surface area contributed by atoms with Crippen LogP contribution in [0.3, 0.4) is 0 Å². The van der Waals surface area contributed by atoms with Crippen LogP contribution in [0.15, 0.2) is 36.4 Å². The third-order valence-corrected chi connectivity index (χ3v) is 6.45. The predicted molar refractivity (Wildman–Crippen MR) is 122 cm³/mol. The molecule has 8 heteroatoms. The van der Waals surface area contributed by atoms with Crippen molar-refractivity contribution in [3.8, 4) is 11.5 Å². The molecule has 0 aromatic heterocycles. The number of nitrogens with zero attached hydrogens (tertiary/aromatic N) is 2. The maximum absolute atomic E-state index is 13.7. The van der Waals surface area contributed by atoms with E-state index in [4.69, 9.17) is 9.47 Å². The van der Waals surface area contributed by atoms with E-state index in [1.807, 2.05) is 12.1 Å². The number of amides is 3. The molecular formula is C25H30FN3O4. The van der Waals surface area contributed by atoms with E-state index in [-0.39, 0.29) is 17.8 Å². The zero-order valence-electron chi connectivity index (χ0n) is 19.3. The van der Waals surface area contributed by atoms with Gasteiger partial charge in [-0.3, -0.25) is 4.79 Å². The van der Waals surface area contributed by atoms with Crippen LogP contribution in [-0.2, 0) is 11.2 Å². The first kappa shape index (κ1) is 22.9. The Hall–Kier alpha value is -3.29. The zero-order valence-corrected chi connectivity index (χ0v) is 19.3. The topological polar surface area (TPSA) is 71.1 Å². The Kier molecular flexibility index (Phi) is 6.72. The van der Waals surface area contributed by atoms with Gasteiger partial charge in [0.2, 0.25) is 5.91 Å². The number of fused-ring (bicyclic) bond motifs is 1. The van der Waals surface area contributed by atoms with Crippen LogP contribution in [0.25, 0.3) is 0 Å². The fourth-order valence-electron chi connectivity index (χ4n) is 4.71. The second-order valence-corrected chi connectivity index (χ2v) is 8.51. The van der Waals surface area contributed by atoms with Crippen LogP contribution in [0.5, 0.6) is 11.5 Å². The van der Waals surface area contributed by atoms with Crippen LogP contribution >= 0.6 is 0 Å². The maximum Gasteiger partial charge on any atom is 0.318 e. The van der Waals surface area contributed by atoms with Crippen molar-refractivity contribution in [3.63, 3.8) is 0 Å². The monoisotopic (exact) mass is 455 g/mol. The van der Waals surface area contributed by atoms with E-state index < -0.39 is 12.1 Å². The number of benzene rings is 2. The average Bonchev–Trinajstić information content (AvgIpc) is 3.37. The van der Waals surface area contributed by atoms with Gasteiger partial charge >= 0.3 is 6.03 Å². The van der Waals surface area contributed by atoms with Gasteiger partial charge in [-0.15, -0.1) is 0 Å². The normalized spacial score (nSPS) is 18.5. The van der Waals surface area contributed by atoms with Gasteiger partial charge in [0, 0.05) is 19.6 Å². The fraction of sp³-hybridized carbons (Fsp3) is 0.440. The first-order valence-corrected chi connectivity index (χ1v) is 11.3. The SMILES string of the molecule is COc1cc2c(cc1OC)C(c1ccc(F)cc1)N(C(=O)N[C@@H](C)C(=O)N1CCCC1)CC2. The fourth-order valence-corrected chi connectivity index (χ4v) is 4.71. The summed E-state index contributed by atoms with van der Waals surface area (Å²) in [5, 5.41) is 2.89. The number of hydrogen-bond acceptors (Lipinski definition) is 4. The Balaban J connectivity index is 1.66. The molecule has 1 unspecified atom stereocenters. The Morgan fingerprint density at radius 1 is 1.03 bits per heavy atom. The lowest BCUT2D eigenvalue weighted by Crippen LogP contribution is -2.52. The molecule has 2 aliphatic heterocycles. The number of ether oxygens (including phenoxy) is 2. The molecule has 2 aromatic rings. The number of methoxy groups -OCH3 is 2. The quantitative estimate of drug-likeness (QED) is 0.749. The Morgan fingerprint density at radius 2 is 1.67 bits per heavy atom. The molecule has 1 saturated heterocycles. The predicted octanol–water partition coefficient (Wildman–Crippen LogP) is 3.51. The van der Waals surface area contributed by atoms with Crippen molar-refractivity contribution in [3.05, 3.63) is 58.9 Å². The first-order valence-electron chi connectivity index (χ1n) is 11.3. The maximum atomic E-state index is 13.7. The van der Waals surface area contributed by atoms with E-state index in [0.29, 0.717) is 24.5 Å². The van der Waals surface area contributed by atoms with Crippen molar-refractivity contribution in [1.29, 1.82) is 0 Å². The lowest BCUT2D eigenvalue weighted by atomic mass is 9.88. The highest BCUT2D eigenvalue weighted by molar-refractivity contribution is 5.87. The Labute approximate surface area is 193 Å². The Bertz CT molecular complexity index is 1020. The van der Waals surface area contributed by atoms with Gasteiger partial charge in [-0.05, 0) is 67.1 Å². The standard InChI is InChI=1S/C25H30FN3O4/c1-16(24(30)28-11-4-5-12-28)27-25(31)29-13-10-18-14-21(32-2)22(33-3)15-20(18)23(29)17-6-8-19(26)9-7-17/h6-9,14-16,23H,4-5,10-13H2,1-3H3,(H,27,31)/t16-,23?/m0/s1. The molecule has 176 valence electrons. The number of carbonyl (C=O) groups excluding carboxylic acids is 2. The number of rotatable bonds is 5. The summed E-state index contributed by atoms with van der Waals surface area (Å²) in [6.07, 6.45) is 2.61. The number of urea groups is 1. The minimum absolute atomic E-state index is 0.0667. The molecule has 7 nitrogen and oxygen atoms in total. The van der Waals surface area contributed by atoms with Crippen molar-refractivity contribution in [2.75, 3.05) is 33.9 Å². The number of likely N-dealkylation sites (tertiary alicyclic amines) is 1. The van der Waals surface area contributed by atoms with Gasteiger partial charge in [0.1, 0.15) is 11.9 Å². The van der Waals surface area contributed by atoms with E-state index >= 15 is 0 Å². The van der Waals surface area contributed by atoms with Crippen LogP contribution in [0.1, 0.15) is 42.5 Å². The first-order chi connectivity index (χ1) is 15.9. The summed E-state index contributed by atoms with van der Waals surface area (Å²) in [6, 6.07) is 8.54. The van der Waals surface area contributed by atoms with Crippen LogP contribution in [0.2, 0.25) is 0 Å². The third-order valence-electron chi connectivity index (χ3n) is 6.45. The molecule has 2 aromatic carbocycles. The number of nitrogens with one attached hydrogen (secondary N) is 1. The van der Waals surface area contributed by atoms with Gasteiger partial charge in [0.05, 0.1) is 20.3 Å². The van der Waals surface area contributed by atoms with Crippen LogP contribution < -0.4 is 14.8 Å². The third kappa shape index (κ3) is 4.60. The van der Waals surface area contributed by atoms with Gasteiger partial charge in [-0.2, -0.15) is 0 Å². The van der Waals surface area contributed by atoms with Crippen LogP contribution in [-0.4, -0.2) is 61.6 Å². The van der Waals surface area contributed by atoms with E-state index in [1.54, 1.807) is 43.1 Å². The largest absolute Gasteiger partial charge is 0.493 e. The smallest absolute Gasteiger partial charge is 0.318 e. The minimum atomic E-state index is -0.628. The van der Waals surface area contributed by atoms with Gasteiger partial charge in [0.25, 0.3) is 0 Å². The summed E-state index contributed by atoms with van der Waals surface area (Å²) < 4.78 is 24.6. The molecule has 2 aliphatic rings. The van der Waals surface area contributed by atoms with E-state index in [2.05, 4.69) is 5.32 Å². The van der Waals surface area contributed by atoms with E-state index in [9.17, 15) is 14.0 Å². The molecule has 33 heavy (non-hydrogen) atoms. The lowest BCUT2D eigenvalue weighted by molar-refractivity contribution is -0.131. The molecular weight excluding hydrogens is 425 g/mol. The minimum Gasteiger partial charge on any atom is -0.493 e. The summed E-state index contributed by atoms with van der Waals surface area (Å²) in [5.74, 6) is 0.769. The zero-order chi connectivity index (χ0) is 23.5. The van der Waals surface area contributed by atoms with E-state index in [0.717, 1.165) is 42.6 Å². The van der Waals surface area contributed by atoms with Crippen molar-refractivity contribution < 1.29 is 23.5 Å². The summed E-state index contributed by atoms with van der Waals surface area (Å²) >= 11 is 0. The molecule has 1 N–H and O–H groups in total. The van der Waals surface area contributed by atoms with Crippen LogP contribution in [0.4, 0.5) is 9.18 Å². The lowest BCUT2D eigenvalue weighted by Gasteiger charge is -2.38.